The lowest BCUT2D eigenvalue weighted by Crippen LogP contribution is -1.86. The molecule has 1 saturated carbocycles. The van der Waals surface area contributed by atoms with Crippen molar-refractivity contribution >= 4 is 17.8 Å². The molecule has 18 heavy (non-hydrogen) atoms. The Kier molecular flexibility index (Phi) is 2.51. The van der Waals surface area contributed by atoms with Gasteiger partial charge >= 0.3 is 0 Å². The molecule has 3 rings (SSSR count). The molecule has 0 bridgehead atoms. The van der Waals surface area contributed by atoms with Crippen molar-refractivity contribution in [3.63, 3.8) is 0 Å². The van der Waals surface area contributed by atoms with Crippen molar-refractivity contribution in [1.82, 2.24) is 5.16 Å². The molecule has 2 unspecified atom stereocenters. The van der Waals surface area contributed by atoms with Crippen LogP contribution in [0.25, 0.3) is 12.2 Å². The Morgan fingerprint density at radius 3 is 2.78 bits per heavy atom. The molecule has 2 atom stereocenters. The van der Waals surface area contributed by atoms with Crippen molar-refractivity contribution in [1.29, 1.82) is 0 Å². The lowest BCUT2D eigenvalue weighted by molar-refractivity contribution is 0.396. The molecule has 2 aromatic heterocycles. The van der Waals surface area contributed by atoms with E-state index >= 15 is 0 Å². The molecule has 0 spiro atoms. The van der Waals surface area contributed by atoms with E-state index in [4.69, 9.17) is 14.7 Å². The predicted octanol–water partition coefficient (Wildman–Crippen LogP) is 3.45. The highest BCUT2D eigenvalue weighted by Crippen LogP contribution is 2.47. The fourth-order valence-electron chi connectivity index (χ4n) is 2.05. The van der Waals surface area contributed by atoms with Gasteiger partial charge in [-0.3, -0.25) is 0 Å². The van der Waals surface area contributed by atoms with Gasteiger partial charge in [-0.05, 0) is 43.5 Å². The topological polar surface area (TPSA) is 65.2 Å². The molecule has 0 aromatic carbocycles. The van der Waals surface area contributed by atoms with Gasteiger partial charge in [-0.1, -0.05) is 12.1 Å². The van der Waals surface area contributed by atoms with Crippen LogP contribution in [0.15, 0.2) is 21.1 Å². The van der Waals surface area contributed by atoms with Gasteiger partial charge in [0.05, 0.1) is 0 Å². The number of nitrogen functional groups attached to an aromatic ring is 1. The number of hydrogen-bond acceptors (Lipinski definition) is 4. The maximum absolute atomic E-state index is 5.81. The summed E-state index contributed by atoms with van der Waals surface area (Å²) in [6.45, 7) is 4.03. The van der Waals surface area contributed by atoms with Gasteiger partial charge in [0, 0.05) is 5.92 Å². The molecule has 2 heterocycles. The second kappa shape index (κ2) is 4.05. The number of nitrogens with two attached hydrogens (primary N) is 1. The Balaban J connectivity index is 1.76. The molecule has 94 valence electrons. The SMILES string of the molecule is Cc1onc(/C=C/c2ccc(C3CC3C)o2)c1N. The Morgan fingerprint density at radius 1 is 1.39 bits per heavy atom. The molecule has 4 heteroatoms. The zero-order valence-electron chi connectivity index (χ0n) is 10.5. The van der Waals surface area contributed by atoms with Crippen molar-refractivity contribution in [2.24, 2.45) is 5.92 Å². The number of rotatable bonds is 3. The van der Waals surface area contributed by atoms with E-state index in [0.717, 1.165) is 17.4 Å². The van der Waals surface area contributed by atoms with Crippen LogP contribution in [0.1, 0.15) is 42.2 Å². The van der Waals surface area contributed by atoms with Gasteiger partial charge in [-0.25, -0.2) is 0 Å². The van der Waals surface area contributed by atoms with Gasteiger partial charge in [0.25, 0.3) is 0 Å². The first-order valence-corrected chi connectivity index (χ1v) is 6.14. The molecule has 2 N–H and O–H groups in total. The maximum atomic E-state index is 5.81. The fourth-order valence-corrected chi connectivity index (χ4v) is 2.05. The van der Waals surface area contributed by atoms with Crippen molar-refractivity contribution in [2.45, 2.75) is 26.2 Å². The molecule has 1 fully saturated rings. The minimum Gasteiger partial charge on any atom is -0.461 e. The van der Waals surface area contributed by atoms with Crippen LogP contribution in [0.5, 0.6) is 0 Å². The van der Waals surface area contributed by atoms with Gasteiger partial charge in [0.2, 0.25) is 0 Å². The van der Waals surface area contributed by atoms with Gasteiger partial charge < -0.3 is 14.7 Å². The number of anilines is 1. The predicted molar refractivity (Wildman–Crippen MR) is 69.8 cm³/mol. The molecular formula is C14H16N2O2. The quantitative estimate of drug-likeness (QED) is 0.898. The number of nitrogens with zero attached hydrogens (tertiary/aromatic N) is 1. The van der Waals surface area contributed by atoms with Crippen LogP contribution in [0.4, 0.5) is 5.69 Å². The second-order valence-corrected chi connectivity index (χ2v) is 4.93. The summed E-state index contributed by atoms with van der Waals surface area (Å²) in [5.41, 5.74) is 7.03. The third-order valence-electron chi connectivity index (χ3n) is 3.46. The van der Waals surface area contributed by atoms with E-state index in [0.29, 0.717) is 23.1 Å². The summed E-state index contributed by atoms with van der Waals surface area (Å²) in [7, 11) is 0. The molecule has 0 saturated heterocycles. The Morgan fingerprint density at radius 2 is 2.17 bits per heavy atom. The average Bonchev–Trinajstić information content (AvgIpc) is 2.78. The highest BCUT2D eigenvalue weighted by atomic mass is 16.5. The molecule has 0 aliphatic heterocycles. The number of hydrogen-bond donors (Lipinski definition) is 1. The first-order chi connectivity index (χ1) is 8.65. The monoisotopic (exact) mass is 244 g/mol. The van der Waals surface area contributed by atoms with Crippen LogP contribution in [0.2, 0.25) is 0 Å². The summed E-state index contributed by atoms with van der Waals surface area (Å²) in [6.07, 6.45) is 4.90. The lowest BCUT2D eigenvalue weighted by Gasteiger charge is -1.90. The fraction of sp³-hybridized carbons (Fsp3) is 0.357. The molecular weight excluding hydrogens is 228 g/mol. The molecule has 4 nitrogen and oxygen atoms in total. The Hall–Kier alpha value is -1.97. The molecule has 1 aliphatic carbocycles. The smallest absolute Gasteiger partial charge is 0.157 e. The largest absolute Gasteiger partial charge is 0.461 e. The van der Waals surface area contributed by atoms with Gasteiger partial charge in [0.15, 0.2) is 5.76 Å². The Bertz CT molecular complexity index is 595. The summed E-state index contributed by atoms with van der Waals surface area (Å²) in [5.74, 6) is 3.89. The average molecular weight is 244 g/mol. The van der Waals surface area contributed by atoms with Crippen LogP contribution in [-0.4, -0.2) is 5.16 Å². The first kappa shape index (κ1) is 11.1. The second-order valence-electron chi connectivity index (χ2n) is 4.93. The van der Waals surface area contributed by atoms with Crippen molar-refractivity contribution in [3.05, 3.63) is 35.1 Å². The van der Waals surface area contributed by atoms with Gasteiger partial charge in [0.1, 0.15) is 22.9 Å². The van der Waals surface area contributed by atoms with E-state index in [2.05, 4.69) is 12.1 Å². The first-order valence-electron chi connectivity index (χ1n) is 6.14. The third kappa shape index (κ3) is 1.94. The van der Waals surface area contributed by atoms with Crippen molar-refractivity contribution < 1.29 is 8.94 Å². The summed E-state index contributed by atoms with van der Waals surface area (Å²) >= 11 is 0. The van der Waals surface area contributed by atoms with Gasteiger partial charge in [-0.2, -0.15) is 0 Å². The zero-order chi connectivity index (χ0) is 12.7. The van der Waals surface area contributed by atoms with E-state index in [1.165, 1.54) is 6.42 Å². The third-order valence-corrected chi connectivity index (χ3v) is 3.46. The normalized spacial score (nSPS) is 22.8. The Labute approximate surface area is 105 Å². The van der Waals surface area contributed by atoms with Crippen LogP contribution in [0.3, 0.4) is 0 Å². The lowest BCUT2D eigenvalue weighted by atomic mass is 10.2. The zero-order valence-corrected chi connectivity index (χ0v) is 10.5. The van der Waals surface area contributed by atoms with E-state index in [1.807, 2.05) is 24.3 Å². The molecule has 0 radical (unpaired) electrons. The van der Waals surface area contributed by atoms with Gasteiger partial charge in [-0.15, -0.1) is 0 Å². The van der Waals surface area contributed by atoms with Crippen LogP contribution in [0, 0.1) is 12.8 Å². The standard InChI is InChI=1S/C14H16N2O2/c1-8-7-11(8)13-6-4-10(17-13)3-5-12-14(15)9(2)18-16-12/h3-6,8,11H,7,15H2,1-2H3/b5-3+. The maximum Gasteiger partial charge on any atom is 0.157 e. The van der Waals surface area contributed by atoms with E-state index in [1.54, 1.807) is 6.92 Å². The number of aromatic nitrogens is 1. The molecule has 0 amide bonds. The van der Waals surface area contributed by atoms with Crippen molar-refractivity contribution in [3.8, 4) is 0 Å². The van der Waals surface area contributed by atoms with E-state index < -0.39 is 0 Å². The highest BCUT2D eigenvalue weighted by molar-refractivity contribution is 5.72. The molecule has 2 aromatic rings. The van der Waals surface area contributed by atoms with Crippen LogP contribution >= 0.6 is 0 Å². The van der Waals surface area contributed by atoms with Crippen molar-refractivity contribution in [2.75, 3.05) is 5.73 Å². The minimum atomic E-state index is 0.578. The van der Waals surface area contributed by atoms with E-state index in [9.17, 15) is 0 Å². The highest BCUT2D eigenvalue weighted by Gasteiger charge is 2.36. The summed E-state index contributed by atoms with van der Waals surface area (Å²) < 4.78 is 10.8. The van der Waals surface area contributed by atoms with Crippen LogP contribution in [-0.2, 0) is 0 Å². The summed E-state index contributed by atoms with van der Waals surface area (Å²) in [5, 5.41) is 3.87. The summed E-state index contributed by atoms with van der Waals surface area (Å²) in [6, 6.07) is 4.02. The number of furan rings is 1. The van der Waals surface area contributed by atoms with Crippen LogP contribution < -0.4 is 5.73 Å². The molecule has 1 aliphatic rings. The minimum absolute atomic E-state index is 0.578. The summed E-state index contributed by atoms with van der Waals surface area (Å²) in [4.78, 5) is 0. The number of aryl methyl sites for hydroxylation is 1. The van der Waals surface area contributed by atoms with E-state index in [-0.39, 0.29) is 0 Å².